The summed E-state index contributed by atoms with van der Waals surface area (Å²) in [5.41, 5.74) is -0.558. The van der Waals surface area contributed by atoms with E-state index in [4.69, 9.17) is 14.5 Å². The number of hydrogen-bond acceptors (Lipinski definition) is 5. The standard InChI is InChI=1S/C20H41N5O3/c1-9-21-17(22-10-11-23-18(26)28-19(4,5)6)24-14-20(7,8)25-12-15(2)27-16(3)13-25/h15-16H,9-14H2,1-8H3,(H,23,26)(H2,21,22,24). The molecule has 3 N–H and O–H groups in total. The highest BCUT2D eigenvalue weighted by molar-refractivity contribution is 5.79. The fraction of sp³-hybridized carbons (Fsp3) is 0.900. The SMILES string of the molecule is CCNC(=NCC(C)(C)N1CC(C)OC(C)C1)NCCNC(=O)OC(C)(C)C. The average molecular weight is 400 g/mol. The maximum atomic E-state index is 11.7. The molecule has 1 aliphatic heterocycles. The molecule has 0 radical (unpaired) electrons. The summed E-state index contributed by atoms with van der Waals surface area (Å²) in [6, 6.07) is 0. The van der Waals surface area contributed by atoms with E-state index in [1.165, 1.54) is 0 Å². The first kappa shape index (κ1) is 24.5. The molecule has 1 rings (SSSR count). The molecule has 0 aliphatic carbocycles. The second-order valence-electron chi connectivity index (χ2n) is 9.03. The van der Waals surface area contributed by atoms with E-state index in [0.717, 1.165) is 25.6 Å². The smallest absolute Gasteiger partial charge is 0.407 e. The molecule has 164 valence electrons. The van der Waals surface area contributed by atoms with Gasteiger partial charge in [-0.05, 0) is 55.4 Å². The normalized spacial score (nSPS) is 21.9. The summed E-state index contributed by atoms with van der Waals surface area (Å²) < 4.78 is 11.1. The molecule has 0 aromatic rings. The topological polar surface area (TPSA) is 87.2 Å². The molecule has 8 heteroatoms. The van der Waals surface area contributed by atoms with Crippen LogP contribution in [-0.2, 0) is 9.47 Å². The van der Waals surface area contributed by atoms with Gasteiger partial charge in [0, 0.05) is 38.3 Å². The van der Waals surface area contributed by atoms with Crippen molar-refractivity contribution in [3.05, 3.63) is 0 Å². The number of ether oxygens (including phenoxy) is 2. The lowest BCUT2D eigenvalue weighted by Gasteiger charge is -2.44. The van der Waals surface area contributed by atoms with E-state index in [2.05, 4.69) is 48.5 Å². The van der Waals surface area contributed by atoms with Gasteiger partial charge >= 0.3 is 6.09 Å². The van der Waals surface area contributed by atoms with Crippen LogP contribution in [0.1, 0.15) is 55.4 Å². The first-order valence-corrected chi connectivity index (χ1v) is 10.3. The quantitative estimate of drug-likeness (QED) is 0.345. The number of rotatable bonds is 7. The Labute approximate surface area is 170 Å². The summed E-state index contributed by atoms with van der Waals surface area (Å²) >= 11 is 0. The van der Waals surface area contributed by atoms with Gasteiger partial charge < -0.3 is 25.4 Å². The van der Waals surface area contributed by atoms with E-state index in [1.54, 1.807) is 0 Å². The van der Waals surface area contributed by atoms with Gasteiger partial charge in [-0.2, -0.15) is 0 Å². The minimum Gasteiger partial charge on any atom is -0.444 e. The maximum Gasteiger partial charge on any atom is 0.407 e. The van der Waals surface area contributed by atoms with E-state index in [0.29, 0.717) is 19.6 Å². The third-order valence-electron chi connectivity index (χ3n) is 4.33. The van der Waals surface area contributed by atoms with E-state index < -0.39 is 11.7 Å². The van der Waals surface area contributed by atoms with Gasteiger partial charge in [0.2, 0.25) is 0 Å². The Kier molecular flexibility index (Phi) is 9.50. The second-order valence-corrected chi connectivity index (χ2v) is 9.03. The van der Waals surface area contributed by atoms with Crippen LogP contribution < -0.4 is 16.0 Å². The Morgan fingerprint density at radius 2 is 1.64 bits per heavy atom. The second kappa shape index (κ2) is 10.9. The molecule has 1 fully saturated rings. The van der Waals surface area contributed by atoms with Crippen LogP contribution in [0.25, 0.3) is 0 Å². The molecule has 2 unspecified atom stereocenters. The first-order valence-electron chi connectivity index (χ1n) is 10.3. The van der Waals surface area contributed by atoms with Crippen molar-refractivity contribution in [3.8, 4) is 0 Å². The summed E-state index contributed by atoms with van der Waals surface area (Å²) in [6.07, 6.45) is 0.0579. The highest BCUT2D eigenvalue weighted by Crippen LogP contribution is 2.21. The van der Waals surface area contributed by atoms with Gasteiger partial charge in [0.1, 0.15) is 5.60 Å². The summed E-state index contributed by atoms with van der Waals surface area (Å²) in [5.74, 6) is 0.746. The van der Waals surface area contributed by atoms with Crippen LogP contribution in [0.15, 0.2) is 4.99 Å². The third-order valence-corrected chi connectivity index (χ3v) is 4.33. The zero-order chi connectivity index (χ0) is 21.4. The van der Waals surface area contributed by atoms with Crippen molar-refractivity contribution < 1.29 is 14.3 Å². The van der Waals surface area contributed by atoms with E-state index >= 15 is 0 Å². The van der Waals surface area contributed by atoms with Crippen LogP contribution in [0.5, 0.6) is 0 Å². The summed E-state index contributed by atoms with van der Waals surface area (Å²) in [5, 5.41) is 9.25. The highest BCUT2D eigenvalue weighted by Gasteiger charge is 2.33. The minimum atomic E-state index is -0.492. The molecule has 1 heterocycles. The Bertz CT molecular complexity index is 506. The number of nitrogens with one attached hydrogen (secondary N) is 3. The molecule has 8 nitrogen and oxygen atoms in total. The molecule has 0 saturated carbocycles. The summed E-state index contributed by atoms with van der Waals surface area (Å²) in [6.45, 7) is 20.5. The molecule has 1 saturated heterocycles. The van der Waals surface area contributed by atoms with Crippen LogP contribution in [0.4, 0.5) is 4.79 Å². The largest absolute Gasteiger partial charge is 0.444 e. The Morgan fingerprint density at radius 1 is 1.07 bits per heavy atom. The summed E-state index contributed by atoms with van der Waals surface area (Å²) in [7, 11) is 0. The van der Waals surface area contributed by atoms with Crippen LogP contribution in [0.3, 0.4) is 0 Å². The Balaban J connectivity index is 2.51. The predicted molar refractivity (Wildman–Crippen MR) is 114 cm³/mol. The molecule has 1 amide bonds. The minimum absolute atomic E-state index is 0.0661. The molecule has 28 heavy (non-hydrogen) atoms. The number of morpholine rings is 1. The number of nitrogens with zero attached hydrogens (tertiary/aromatic N) is 2. The zero-order valence-electron chi connectivity index (χ0n) is 19.0. The van der Waals surface area contributed by atoms with Gasteiger partial charge in [0.15, 0.2) is 5.96 Å². The number of guanidine groups is 1. The monoisotopic (exact) mass is 399 g/mol. The number of carbonyl (C=O) groups is 1. The van der Waals surface area contributed by atoms with E-state index in [-0.39, 0.29) is 17.7 Å². The van der Waals surface area contributed by atoms with Crippen molar-refractivity contribution in [2.45, 2.75) is 78.7 Å². The van der Waals surface area contributed by atoms with Crippen molar-refractivity contribution in [3.63, 3.8) is 0 Å². The fourth-order valence-corrected chi connectivity index (χ4v) is 3.05. The van der Waals surface area contributed by atoms with Crippen molar-refractivity contribution in [2.75, 3.05) is 39.3 Å². The van der Waals surface area contributed by atoms with Crippen LogP contribution in [-0.4, -0.2) is 79.6 Å². The van der Waals surface area contributed by atoms with E-state index in [1.807, 2.05) is 27.7 Å². The lowest BCUT2D eigenvalue weighted by Crippen LogP contribution is -2.56. The van der Waals surface area contributed by atoms with Crippen molar-refractivity contribution in [1.29, 1.82) is 0 Å². The molecular weight excluding hydrogens is 358 g/mol. The van der Waals surface area contributed by atoms with Gasteiger partial charge in [-0.15, -0.1) is 0 Å². The van der Waals surface area contributed by atoms with E-state index in [9.17, 15) is 4.79 Å². The van der Waals surface area contributed by atoms with Gasteiger partial charge in [-0.25, -0.2) is 4.79 Å². The van der Waals surface area contributed by atoms with Crippen molar-refractivity contribution >= 4 is 12.1 Å². The van der Waals surface area contributed by atoms with Crippen molar-refractivity contribution in [1.82, 2.24) is 20.9 Å². The van der Waals surface area contributed by atoms with Gasteiger partial charge in [-0.1, -0.05) is 0 Å². The average Bonchev–Trinajstić information content (AvgIpc) is 2.54. The summed E-state index contributed by atoms with van der Waals surface area (Å²) in [4.78, 5) is 18.9. The number of carbonyl (C=O) groups excluding carboxylic acids is 1. The number of amides is 1. The third kappa shape index (κ3) is 9.59. The molecule has 1 aliphatic rings. The maximum absolute atomic E-state index is 11.7. The van der Waals surface area contributed by atoms with Crippen LogP contribution in [0, 0.1) is 0 Å². The number of hydrogen-bond donors (Lipinski definition) is 3. The lowest BCUT2D eigenvalue weighted by atomic mass is 10.0. The highest BCUT2D eigenvalue weighted by atomic mass is 16.6. The van der Waals surface area contributed by atoms with Crippen LogP contribution in [0.2, 0.25) is 0 Å². The molecule has 0 aromatic heterocycles. The molecular formula is C20H41N5O3. The molecule has 2 atom stereocenters. The number of aliphatic imine (C=N–C) groups is 1. The predicted octanol–water partition coefficient (Wildman–Crippen LogP) is 1.95. The van der Waals surface area contributed by atoms with Crippen molar-refractivity contribution in [2.24, 2.45) is 4.99 Å². The van der Waals surface area contributed by atoms with Gasteiger partial charge in [0.25, 0.3) is 0 Å². The Hall–Kier alpha value is -1.54. The lowest BCUT2D eigenvalue weighted by molar-refractivity contribution is -0.0939. The first-order chi connectivity index (χ1) is 12.9. The molecule has 0 bridgehead atoms. The fourth-order valence-electron chi connectivity index (χ4n) is 3.05. The number of alkyl carbamates (subject to hydrolysis) is 1. The van der Waals surface area contributed by atoms with Gasteiger partial charge in [0.05, 0.1) is 18.8 Å². The zero-order valence-corrected chi connectivity index (χ0v) is 19.0. The molecule has 0 spiro atoms. The van der Waals surface area contributed by atoms with Gasteiger partial charge in [-0.3, -0.25) is 9.89 Å². The Morgan fingerprint density at radius 3 is 2.18 bits per heavy atom. The van der Waals surface area contributed by atoms with Crippen LogP contribution >= 0.6 is 0 Å². The molecule has 0 aromatic carbocycles.